The van der Waals surface area contributed by atoms with Crippen LogP contribution in [-0.2, 0) is 42.7 Å². The van der Waals surface area contributed by atoms with Crippen LogP contribution in [-0.4, -0.2) is 153 Å². The number of Topliss-reactive ketones (excluding diaryl/α,β-unsaturated/α-hetero) is 1. The van der Waals surface area contributed by atoms with Gasteiger partial charge in [0.25, 0.3) is 5.91 Å². The first kappa shape index (κ1) is 74.5. The number of carbonyl (C=O) groups excluding carboxylic acids is 3. The van der Waals surface area contributed by atoms with Crippen LogP contribution < -0.4 is 22.1 Å². The van der Waals surface area contributed by atoms with Crippen LogP contribution in [0.3, 0.4) is 0 Å². The predicted molar refractivity (Wildman–Crippen MR) is 309 cm³/mol. The number of anilines is 1. The van der Waals surface area contributed by atoms with Crippen LogP contribution in [0, 0.1) is 51.4 Å². The second kappa shape index (κ2) is 50.9. The van der Waals surface area contributed by atoms with Crippen LogP contribution in [0.5, 0.6) is 0 Å². The molecule has 0 fully saturated rings. The van der Waals surface area contributed by atoms with E-state index in [0.717, 1.165) is 16.6 Å². The van der Waals surface area contributed by atoms with E-state index in [1.54, 1.807) is 67.2 Å². The molecule has 1 atom stereocenters. The summed E-state index contributed by atoms with van der Waals surface area (Å²) in [5, 5.41) is 13.2. The van der Waals surface area contributed by atoms with Crippen LogP contribution in [0.1, 0.15) is 92.1 Å². The van der Waals surface area contributed by atoms with Gasteiger partial charge in [0.1, 0.15) is 5.84 Å². The minimum absolute atomic E-state index is 0. The number of hydrogen-bond donors (Lipinski definition) is 5. The second-order valence-electron chi connectivity index (χ2n) is 16.3. The van der Waals surface area contributed by atoms with Crippen molar-refractivity contribution >= 4 is 59.3 Å². The molecule has 0 saturated heterocycles. The first-order valence-electron chi connectivity index (χ1n) is 25.5. The number of hydrogen-bond acceptors (Lipinski definition) is 15. The van der Waals surface area contributed by atoms with Crippen molar-refractivity contribution in [2.24, 2.45) is 27.6 Å². The van der Waals surface area contributed by atoms with Crippen molar-refractivity contribution in [3.63, 3.8) is 0 Å². The number of amidine groups is 2. The maximum Gasteiger partial charge on any atom is 0.251 e. The number of aryl methyl sites for hydroxylation is 1. The summed E-state index contributed by atoms with van der Waals surface area (Å²) in [6.45, 7) is 23.0. The summed E-state index contributed by atoms with van der Waals surface area (Å²) in [6, 6.07) is 21.6. The van der Waals surface area contributed by atoms with Crippen molar-refractivity contribution in [3.05, 3.63) is 115 Å². The van der Waals surface area contributed by atoms with Gasteiger partial charge >= 0.3 is 0 Å². The number of ketones is 1. The Hall–Kier alpha value is -3.62. The van der Waals surface area contributed by atoms with E-state index in [1.807, 2.05) is 45.0 Å². The van der Waals surface area contributed by atoms with Crippen LogP contribution >= 0.6 is 24.4 Å². The number of carbonyl (C=O) groups is 3. The third-order valence-electron chi connectivity index (χ3n) is 9.92. The van der Waals surface area contributed by atoms with Crippen molar-refractivity contribution in [3.8, 4) is 0 Å². The van der Waals surface area contributed by atoms with E-state index in [2.05, 4.69) is 53.9 Å². The van der Waals surface area contributed by atoms with Gasteiger partial charge < -0.3 is 67.4 Å². The number of nitrogens with one attached hydrogen (secondary N) is 2. The average molecular weight is 1320 g/mol. The van der Waals surface area contributed by atoms with Crippen molar-refractivity contribution < 1.29 is 83.4 Å². The molecule has 6 N–H and O–H groups in total. The molecule has 1 unspecified atom stereocenters. The minimum atomic E-state index is -0.242. The Morgan fingerprint density at radius 3 is 1.54 bits per heavy atom. The molecule has 0 saturated carbocycles. The maximum absolute atomic E-state index is 12.8. The van der Waals surface area contributed by atoms with E-state index in [-0.39, 0.29) is 75.0 Å². The molecule has 0 aliphatic carbocycles. The number of thioether (sulfide) groups is 1. The first-order chi connectivity index (χ1) is 35.9. The van der Waals surface area contributed by atoms with Gasteiger partial charge in [0.15, 0.2) is 11.6 Å². The fraction of sp³-hybridized carbons (Fsp3) is 0.536. The Labute approximate surface area is 488 Å². The van der Waals surface area contributed by atoms with Gasteiger partial charge in [-0.1, -0.05) is 76.9 Å². The van der Waals surface area contributed by atoms with Gasteiger partial charge in [0.2, 0.25) is 5.91 Å². The third-order valence-corrected chi connectivity index (χ3v) is 11.6. The number of ether oxygens (including phenoxy) is 8. The summed E-state index contributed by atoms with van der Waals surface area (Å²) >= 11 is 5.75. The zero-order valence-electron chi connectivity index (χ0n) is 46.4. The Balaban J connectivity index is 0. The molecule has 2 amide bonds. The summed E-state index contributed by atoms with van der Waals surface area (Å²) < 4.78 is 44.0. The van der Waals surface area contributed by atoms with Crippen molar-refractivity contribution in [1.29, 1.82) is 0 Å². The molecule has 0 aliphatic heterocycles. The SMILES string of the molecule is C=C(CSc1ccc(C)cc1)C(=O)c1ccc(C(=O)NCCOCCOCCOCCOCCOCCOCCOCCOCCC(=O)Nc2ccc(/C(N)=N/N=C(/C)N)cc2)cc1.CC.CCCCC(C)CS.[CH3-].[U]. The second-order valence-corrected chi connectivity index (χ2v) is 17.7. The molecule has 3 aromatic rings. The number of unbranched alkanes of at least 4 members (excludes halogenated alkanes) is 1. The molecule has 17 nitrogen and oxygen atoms in total. The smallest absolute Gasteiger partial charge is 0.251 e. The van der Waals surface area contributed by atoms with E-state index in [9.17, 15) is 14.4 Å². The van der Waals surface area contributed by atoms with Crippen LogP contribution in [0.25, 0.3) is 0 Å². The van der Waals surface area contributed by atoms with E-state index in [1.165, 1.54) is 24.8 Å². The third kappa shape index (κ3) is 39.7. The van der Waals surface area contributed by atoms with Gasteiger partial charge in [-0.25, -0.2) is 0 Å². The molecule has 426 valence electrons. The Morgan fingerprint density at radius 1 is 0.658 bits per heavy atom. The van der Waals surface area contributed by atoms with Gasteiger partial charge in [0.05, 0.1) is 112 Å². The molecule has 0 bridgehead atoms. The minimum Gasteiger partial charge on any atom is -0.386 e. The Morgan fingerprint density at radius 2 is 1.09 bits per heavy atom. The van der Waals surface area contributed by atoms with Crippen LogP contribution in [0.4, 0.5) is 5.69 Å². The molecule has 3 aromatic carbocycles. The van der Waals surface area contributed by atoms with Gasteiger partial charge in [-0.15, -0.1) is 22.0 Å². The van der Waals surface area contributed by atoms with Gasteiger partial charge in [-0.3, -0.25) is 14.4 Å². The quantitative estimate of drug-likeness (QED) is 0.00414. The zero-order valence-corrected chi connectivity index (χ0v) is 52.2. The number of thiol groups is 1. The molecule has 3 rings (SSSR count). The van der Waals surface area contributed by atoms with Crippen molar-refractivity contribution in [1.82, 2.24) is 5.32 Å². The molecule has 20 heteroatoms. The number of amides is 2. The molecule has 0 aliphatic rings. The molecule has 0 aromatic heterocycles. The summed E-state index contributed by atoms with van der Waals surface area (Å²) in [4.78, 5) is 38.5. The molecule has 76 heavy (non-hydrogen) atoms. The summed E-state index contributed by atoms with van der Waals surface area (Å²) in [5.41, 5.74) is 15.3. The van der Waals surface area contributed by atoms with Crippen LogP contribution in [0.15, 0.2) is 100 Å². The molecular weight excluding hydrogens is 1230 g/mol. The standard InChI is InChI=1S/C46H64N6O11S.C7H16S.C2H6.CH3.U/c1-35-4-14-42(15-5-35)64-34-36(2)44(54)38-6-8-40(9-7-38)46(55)49-17-19-57-21-23-59-25-27-61-29-31-63-33-32-62-30-28-60-26-24-58-22-20-56-18-16-43(53)50-41-12-10-39(11-13-41)45(48)52-51-37(3)47;1-3-4-5-7(2)6-8;1-2;;/h4-15H,2,16-34H2,1,3H3,(H2,47,51)(H2,48,52)(H,49,55)(H,50,53);7-8H,3-6H2,1-2H3;1-2H3;1H3;/q;;;-1;. The summed E-state index contributed by atoms with van der Waals surface area (Å²) in [6.07, 6.45) is 4.23. The number of nitrogens with zero attached hydrogens (tertiary/aromatic N) is 2. The normalized spacial score (nSPS) is 11.4. The van der Waals surface area contributed by atoms with Crippen molar-refractivity contribution in [2.45, 2.75) is 72.1 Å². The summed E-state index contributed by atoms with van der Waals surface area (Å²) in [5.74, 6) is 2.33. The van der Waals surface area contributed by atoms with Crippen molar-refractivity contribution in [2.75, 3.05) is 129 Å². The Kier molecular flexibility index (Phi) is 49.8. The molecule has 0 spiro atoms. The fourth-order valence-electron chi connectivity index (χ4n) is 5.77. The van der Waals surface area contributed by atoms with E-state index in [4.69, 9.17) is 49.4 Å². The van der Waals surface area contributed by atoms with E-state index >= 15 is 0 Å². The monoisotopic (exact) mass is 1320 g/mol. The average Bonchev–Trinajstić information content (AvgIpc) is 3.41. The maximum atomic E-state index is 12.8. The number of nitrogens with two attached hydrogens (primary N) is 2. The van der Waals surface area contributed by atoms with Crippen LogP contribution in [0.2, 0.25) is 0 Å². The number of rotatable bonds is 40. The topological polar surface area (TPSA) is 226 Å². The molecular formula is C56H89N6O11S2U-. The molecule has 0 heterocycles. The van der Waals surface area contributed by atoms with Gasteiger partial charge in [0, 0.05) is 76.3 Å². The predicted octanol–water partition coefficient (Wildman–Crippen LogP) is 8.63. The Bertz CT molecular complexity index is 2000. The van der Waals surface area contributed by atoms with Gasteiger partial charge in [-0.05, 0) is 80.5 Å². The zero-order chi connectivity index (χ0) is 54.4. The molecule has 0 radical (unpaired) electrons. The van der Waals surface area contributed by atoms with E-state index in [0.29, 0.717) is 145 Å². The van der Waals surface area contributed by atoms with E-state index < -0.39 is 0 Å². The summed E-state index contributed by atoms with van der Waals surface area (Å²) in [7, 11) is 0. The fourth-order valence-corrected chi connectivity index (χ4v) is 6.76. The largest absolute Gasteiger partial charge is 0.386 e. The van der Waals surface area contributed by atoms with Gasteiger partial charge in [-0.2, -0.15) is 12.6 Å². The first-order valence-corrected chi connectivity index (χ1v) is 27.1. The number of benzene rings is 3.